The van der Waals surface area contributed by atoms with Gasteiger partial charge in [0.1, 0.15) is 0 Å². The smallest absolute Gasteiger partial charge is 0.337 e. The number of carbonyl (C=O) groups is 1. The molecule has 1 heterocycles. The number of nitrogens with zero attached hydrogens (tertiary/aromatic N) is 2. The van der Waals surface area contributed by atoms with E-state index < -0.39 is 5.97 Å². The van der Waals surface area contributed by atoms with E-state index >= 15 is 0 Å². The minimum absolute atomic E-state index is 0.161. The van der Waals surface area contributed by atoms with Gasteiger partial charge in [0.15, 0.2) is 0 Å². The van der Waals surface area contributed by atoms with Crippen molar-refractivity contribution in [1.29, 1.82) is 0 Å². The monoisotopic (exact) mass is 277 g/mol. The average molecular weight is 277 g/mol. The number of H-pyrrole nitrogens is 1. The first-order valence-corrected chi connectivity index (χ1v) is 6.60. The van der Waals surface area contributed by atoms with Gasteiger partial charge in [-0.25, -0.2) is 9.59 Å². The number of aryl methyl sites for hydroxylation is 1. The molecular weight excluding hydrogens is 258 g/mol. The molecule has 0 radical (unpaired) electrons. The minimum atomic E-state index is -1.02. The number of fused-ring (bicyclic) bond motifs is 1. The normalized spacial score (nSPS) is 11.3. The van der Waals surface area contributed by atoms with Crippen LogP contribution >= 0.6 is 0 Å². The number of para-hydroxylation sites is 1. The molecule has 20 heavy (non-hydrogen) atoms. The van der Waals surface area contributed by atoms with Crippen molar-refractivity contribution in [1.82, 2.24) is 14.5 Å². The number of rotatable bonds is 6. The highest BCUT2D eigenvalue weighted by Gasteiger charge is 2.14. The number of aromatic nitrogens is 2. The third-order valence-corrected chi connectivity index (χ3v) is 3.26. The lowest BCUT2D eigenvalue weighted by atomic mass is 10.2. The van der Waals surface area contributed by atoms with E-state index in [1.807, 2.05) is 14.1 Å². The standard InChI is InChI=1S/C14H19N3O3/c1-16(2)8-3-4-9-17-12-10(13(18)19)6-5-7-11(12)15-14(17)20/h5-7H,3-4,8-9H2,1-2H3,(H,15,20)(H,18,19). The van der Waals surface area contributed by atoms with Crippen LogP contribution in [-0.4, -0.2) is 46.2 Å². The Morgan fingerprint density at radius 2 is 2.10 bits per heavy atom. The molecule has 0 amide bonds. The largest absolute Gasteiger partial charge is 0.478 e. The lowest BCUT2D eigenvalue weighted by molar-refractivity contribution is 0.0698. The molecule has 2 aromatic rings. The zero-order chi connectivity index (χ0) is 14.7. The van der Waals surface area contributed by atoms with Crippen molar-refractivity contribution >= 4 is 17.0 Å². The minimum Gasteiger partial charge on any atom is -0.478 e. The Kier molecular flexibility index (Phi) is 4.24. The van der Waals surface area contributed by atoms with E-state index in [9.17, 15) is 14.7 Å². The molecule has 2 rings (SSSR count). The summed E-state index contributed by atoms with van der Waals surface area (Å²) in [5, 5.41) is 9.22. The number of carboxylic acid groups (broad SMARTS) is 1. The molecule has 0 aliphatic carbocycles. The summed E-state index contributed by atoms with van der Waals surface area (Å²) in [5.41, 5.74) is 0.962. The van der Waals surface area contributed by atoms with Crippen molar-refractivity contribution in [3.63, 3.8) is 0 Å². The second-order valence-corrected chi connectivity index (χ2v) is 5.10. The van der Waals surface area contributed by atoms with Crippen LogP contribution in [0, 0.1) is 0 Å². The maximum Gasteiger partial charge on any atom is 0.337 e. The number of aromatic amines is 1. The topological polar surface area (TPSA) is 78.3 Å². The lowest BCUT2D eigenvalue weighted by Crippen LogP contribution is -2.19. The molecule has 0 aliphatic rings. The molecule has 1 aromatic heterocycles. The fourth-order valence-electron chi connectivity index (χ4n) is 2.30. The molecule has 0 fully saturated rings. The van der Waals surface area contributed by atoms with Gasteiger partial charge in [-0.3, -0.25) is 4.57 Å². The van der Waals surface area contributed by atoms with Gasteiger partial charge < -0.3 is 15.0 Å². The molecule has 0 bridgehead atoms. The summed E-state index contributed by atoms with van der Waals surface area (Å²) < 4.78 is 1.52. The Bertz CT molecular complexity index is 670. The van der Waals surface area contributed by atoms with Crippen molar-refractivity contribution in [2.45, 2.75) is 19.4 Å². The number of hydrogen-bond acceptors (Lipinski definition) is 3. The Labute approximate surface area is 116 Å². The Hall–Kier alpha value is -2.08. The molecule has 0 saturated heterocycles. The maximum absolute atomic E-state index is 11.9. The Balaban J connectivity index is 2.30. The molecule has 0 unspecified atom stereocenters. The van der Waals surface area contributed by atoms with Crippen LogP contribution in [0.1, 0.15) is 23.2 Å². The van der Waals surface area contributed by atoms with Gasteiger partial charge in [0.25, 0.3) is 0 Å². The zero-order valence-electron chi connectivity index (χ0n) is 11.7. The van der Waals surface area contributed by atoms with Gasteiger partial charge in [-0.1, -0.05) is 6.07 Å². The van der Waals surface area contributed by atoms with E-state index in [1.165, 1.54) is 10.6 Å². The van der Waals surface area contributed by atoms with Crippen LogP contribution in [0.4, 0.5) is 0 Å². The van der Waals surface area contributed by atoms with Gasteiger partial charge in [0.2, 0.25) is 0 Å². The first-order chi connectivity index (χ1) is 9.50. The van der Waals surface area contributed by atoms with E-state index in [1.54, 1.807) is 12.1 Å². The molecule has 2 N–H and O–H groups in total. The SMILES string of the molecule is CN(C)CCCCn1c(=O)[nH]c2cccc(C(=O)O)c21. The predicted octanol–water partition coefficient (Wildman–Crippen LogP) is 1.37. The molecule has 0 saturated carbocycles. The fraction of sp³-hybridized carbons (Fsp3) is 0.429. The van der Waals surface area contributed by atoms with Crippen LogP contribution in [0.25, 0.3) is 11.0 Å². The predicted molar refractivity (Wildman–Crippen MR) is 77.3 cm³/mol. The number of aromatic carboxylic acids is 1. The van der Waals surface area contributed by atoms with Gasteiger partial charge in [-0.05, 0) is 45.6 Å². The number of hydrogen-bond donors (Lipinski definition) is 2. The van der Waals surface area contributed by atoms with E-state index in [-0.39, 0.29) is 11.3 Å². The average Bonchev–Trinajstić information content (AvgIpc) is 2.70. The maximum atomic E-state index is 11.9. The summed E-state index contributed by atoms with van der Waals surface area (Å²) >= 11 is 0. The van der Waals surface area contributed by atoms with E-state index in [0.29, 0.717) is 17.6 Å². The highest BCUT2D eigenvalue weighted by molar-refractivity contribution is 6.01. The summed E-state index contributed by atoms with van der Waals surface area (Å²) in [4.78, 5) is 28.0. The molecule has 0 spiro atoms. The van der Waals surface area contributed by atoms with Gasteiger partial charge in [-0.15, -0.1) is 0 Å². The van der Waals surface area contributed by atoms with Gasteiger partial charge >= 0.3 is 11.7 Å². The molecule has 6 nitrogen and oxygen atoms in total. The first kappa shape index (κ1) is 14.3. The van der Waals surface area contributed by atoms with Crippen LogP contribution in [0.15, 0.2) is 23.0 Å². The fourth-order valence-corrected chi connectivity index (χ4v) is 2.30. The van der Waals surface area contributed by atoms with Crippen LogP contribution in [0.3, 0.4) is 0 Å². The molecule has 0 atom stereocenters. The number of nitrogens with one attached hydrogen (secondary N) is 1. The molecule has 108 valence electrons. The van der Waals surface area contributed by atoms with Crippen LogP contribution in [-0.2, 0) is 6.54 Å². The molecular formula is C14H19N3O3. The summed E-state index contributed by atoms with van der Waals surface area (Å²) in [7, 11) is 4.00. The van der Waals surface area contributed by atoms with Crippen molar-refractivity contribution in [3.8, 4) is 0 Å². The lowest BCUT2D eigenvalue weighted by Gasteiger charge is -2.09. The van der Waals surface area contributed by atoms with Gasteiger partial charge in [0.05, 0.1) is 16.6 Å². The van der Waals surface area contributed by atoms with Gasteiger partial charge in [-0.2, -0.15) is 0 Å². The molecule has 1 aromatic carbocycles. The summed E-state index contributed by atoms with van der Waals surface area (Å²) in [6, 6.07) is 4.88. The van der Waals surface area contributed by atoms with Crippen LogP contribution in [0.5, 0.6) is 0 Å². The Morgan fingerprint density at radius 3 is 2.75 bits per heavy atom. The second kappa shape index (κ2) is 5.92. The highest BCUT2D eigenvalue weighted by Crippen LogP contribution is 2.16. The number of unbranched alkanes of at least 4 members (excludes halogenated alkanes) is 1. The van der Waals surface area contributed by atoms with Crippen molar-refractivity contribution in [3.05, 3.63) is 34.2 Å². The third-order valence-electron chi connectivity index (χ3n) is 3.26. The third kappa shape index (κ3) is 2.91. The summed E-state index contributed by atoms with van der Waals surface area (Å²) in [6.07, 6.45) is 1.79. The Morgan fingerprint density at radius 1 is 1.35 bits per heavy atom. The van der Waals surface area contributed by atoms with Crippen LogP contribution < -0.4 is 5.69 Å². The highest BCUT2D eigenvalue weighted by atomic mass is 16.4. The number of imidazole rings is 1. The van der Waals surface area contributed by atoms with Crippen LogP contribution in [0.2, 0.25) is 0 Å². The molecule has 0 aliphatic heterocycles. The summed E-state index contributed by atoms with van der Waals surface area (Å²) in [6.45, 7) is 1.47. The van der Waals surface area contributed by atoms with E-state index in [2.05, 4.69) is 9.88 Å². The zero-order valence-corrected chi connectivity index (χ0v) is 11.7. The number of carboxylic acids is 1. The van der Waals surface area contributed by atoms with E-state index in [4.69, 9.17) is 0 Å². The van der Waals surface area contributed by atoms with Crippen molar-refractivity contribution in [2.75, 3.05) is 20.6 Å². The second-order valence-electron chi connectivity index (χ2n) is 5.10. The summed E-state index contributed by atoms with van der Waals surface area (Å²) in [5.74, 6) is -1.02. The first-order valence-electron chi connectivity index (χ1n) is 6.60. The van der Waals surface area contributed by atoms with E-state index in [0.717, 1.165) is 19.4 Å². The van der Waals surface area contributed by atoms with Gasteiger partial charge in [0, 0.05) is 6.54 Å². The molecule has 6 heteroatoms. The number of benzene rings is 1. The van der Waals surface area contributed by atoms with Crippen molar-refractivity contribution < 1.29 is 9.90 Å². The quantitative estimate of drug-likeness (QED) is 0.782. The van der Waals surface area contributed by atoms with Crippen molar-refractivity contribution in [2.24, 2.45) is 0 Å².